The summed E-state index contributed by atoms with van der Waals surface area (Å²) in [5.74, 6) is 5.27. The molecule has 1 fully saturated rings. The van der Waals surface area contributed by atoms with Gasteiger partial charge in [-0.05, 0) is 26.3 Å². The standard InChI is InChI=1S/C11H19N5O2S/c1-2-18-11(17)8-4-3-5-16(6-8)7-9-10(13-12)19-15-14-9/h8,13H,2-7,12H2,1H3. The number of hydrazine groups is 1. The quantitative estimate of drug-likeness (QED) is 0.465. The van der Waals surface area contributed by atoms with Crippen molar-refractivity contribution in [1.82, 2.24) is 14.5 Å². The van der Waals surface area contributed by atoms with Crippen LogP contribution in [0.4, 0.5) is 5.00 Å². The Labute approximate surface area is 116 Å². The lowest BCUT2D eigenvalue weighted by Gasteiger charge is -2.30. The summed E-state index contributed by atoms with van der Waals surface area (Å²) < 4.78 is 8.96. The molecule has 1 unspecified atom stereocenters. The van der Waals surface area contributed by atoms with E-state index in [1.165, 1.54) is 11.5 Å². The van der Waals surface area contributed by atoms with E-state index in [2.05, 4.69) is 19.9 Å². The number of anilines is 1. The normalized spacial score (nSPS) is 20.2. The molecule has 0 spiro atoms. The van der Waals surface area contributed by atoms with Crippen LogP contribution in [0.2, 0.25) is 0 Å². The van der Waals surface area contributed by atoms with E-state index in [1.807, 2.05) is 6.92 Å². The van der Waals surface area contributed by atoms with Gasteiger partial charge >= 0.3 is 5.97 Å². The molecule has 1 aliphatic heterocycles. The Morgan fingerprint density at radius 1 is 1.68 bits per heavy atom. The molecule has 0 saturated carbocycles. The summed E-state index contributed by atoms with van der Waals surface area (Å²) in [5.41, 5.74) is 3.43. The Hall–Kier alpha value is -1.25. The molecule has 2 rings (SSSR count). The zero-order valence-electron chi connectivity index (χ0n) is 11.0. The smallest absolute Gasteiger partial charge is 0.310 e. The zero-order chi connectivity index (χ0) is 13.7. The van der Waals surface area contributed by atoms with Gasteiger partial charge in [-0.3, -0.25) is 9.69 Å². The first kappa shape index (κ1) is 14.2. The lowest BCUT2D eigenvalue weighted by atomic mass is 9.98. The van der Waals surface area contributed by atoms with E-state index in [0.29, 0.717) is 19.7 Å². The van der Waals surface area contributed by atoms with Crippen LogP contribution in [-0.4, -0.2) is 40.2 Å². The molecule has 19 heavy (non-hydrogen) atoms. The van der Waals surface area contributed by atoms with Crippen LogP contribution < -0.4 is 11.3 Å². The molecule has 0 amide bonds. The van der Waals surface area contributed by atoms with E-state index in [4.69, 9.17) is 10.6 Å². The number of likely N-dealkylation sites (tertiary alicyclic amines) is 1. The number of carbonyl (C=O) groups excluding carboxylic acids is 1. The van der Waals surface area contributed by atoms with Crippen LogP contribution in [0.1, 0.15) is 25.5 Å². The molecule has 1 aromatic heterocycles. The third-order valence-electron chi connectivity index (χ3n) is 3.19. The number of hydrogen-bond donors (Lipinski definition) is 2. The van der Waals surface area contributed by atoms with E-state index < -0.39 is 0 Å². The monoisotopic (exact) mass is 285 g/mol. The van der Waals surface area contributed by atoms with Gasteiger partial charge in [0.05, 0.1) is 12.5 Å². The number of nitrogens with two attached hydrogens (primary N) is 1. The van der Waals surface area contributed by atoms with E-state index in [9.17, 15) is 4.79 Å². The SMILES string of the molecule is CCOC(=O)C1CCCN(Cc2nnsc2NN)C1. The van der Waals surface area contributed by atoms with Crippen LogP contribution in [0.3, 0.4) is 0 Å². The maximum Gasteiger partial charge on any atom is 0.310 e. The van der Waals surface area contributed by atoms with Crippen LogP contribution in [0.5, 0.6) is 0 Å². The molecule has 0 bridgehead atoms. The Morgan fingerprint density at radius 3 is 3.26 bits per heavy atom. The minimum Gasteiger partial charge on any atom is -0.466 e. The Bertz CT molecular complexity index is 425. The van der Waals surface area contributed by atoms with Gasteiger partial charge in [-0.1, -0.05) is 4.49 Å². The van der Waals surface area contributed by atoms with Crippen molar-refractivity contribution in [3.05, 3.63) is 5.69 Å². The molecule has 106 valence electrons. The number of aromatic nitrogens is 2. The number of carbonyl (C=O) groups is 1. The predicted molar refractivity (Wildman–Crippen MR) is 72.4 cm³/mol. The lowest BCUT2D eigenvalue weighted by molar-refractivity contribution is -0.150. The largest absolute Gasteiger partial charge is 0.466 e. The second-order valence-corrected chi connectivity index (χ2v) is 5.27. The zero-order valence-corrected chi connectivity index (χ0v) is 11.8. The summed E-state index contributed by atoms with van der Waals surface area (Å²) in [6.07, 6.45) is 1.89. The highest BCUT2D eigenvalue weighted by Gasteiger charge is 2.27. The molecule has 1 atom stereocenters. The molecule has 1 saturated heterocycles. The number of esters is 1. The van der Waals surface area contributed by atoms with Crippen molar-refractivity contribution in [3.8, 4) is 0 Å². The molecule has 1 aromatic rings. The number of nitrogens with zero attached hydrogens (tertiary/aromatic N) is 3. The molecule has 3 N–H and O–H groups in total. The third-order valence-corrected chi connectivity index (χ3v) is 3.89. The van der Waals surface area contributed by atoms with E-state index in [0.717, 1.165) is 30.1 Å². The molecule has 2 heterocycles. The molecule has 1 aliphatic rings. The summed E-state index contributed by atoms with van der Waals surface area (Å²) in [6, 6.07) is 0. The average Bonchev–Trinajstić information content (AvgIpc) is 2.86. The second kappa shape index (κ2) is 6.78. The topological polar surface area (TPSA) is 93.4 Å². The van der Waals surface area contributed by atoms with Gasteiger partial charge in [-0.2, -0.15) is 0 Å². The second-order valence-electron chi connectivity index (χ2n) is 4.52. The summed E-state index contributed by atoms with van der Waals surface area (Å²) in [4.78, 5) is 14.0. The van der Waals surface area contributed by atoms with Gasteiger partial charge in [-0.25, -0.2) is 5.84 Å². The fourth-order valence-electron chi connectivity index (χ4n) is 2.29. The highest BCUT2D eigenvalue weighted by Crippen LogP contribution is 2.23. The van der Waals surface area contributed by atoms with Crippen LogP contribution in [0, 0.1) is 5.92 Å². The average molecular weight is 285 g/mol. The van der Waals surface area contributed by atoms with Crippen LogP contribution >= 0.6 is 11.5 Å². The minimum absolute atomic E-state index is 0.0328. The summed E-state index contributed by atoms with van der Waals surface area (Å²) in [6.45, 7) is 4.59. The van der Waals surface area contributed by atoms with Crippen molar-refractivity contribution in [2.24, 2.45) is 11.8 Å². The Balaban J connectivity index is 1.92. The van der Waals surface area contributed by atoms with Gasteiger partial charge in [0.1, 0.15) is 10.7 Å². The minimum atomic E-state index is -0.0965. The van der Waals surface area contributed by atoms with Crippen molar-refractivity contribution < 1.29 is 9.53 Å². The first-order valence-corrected chi connectivity index (χ1v) is 7.18. The fourth-order valence-corrected chi connectivity index (χ4v) is 2.77. The molecule has 0 radical (unpaired) electrons. The highest BCUT2D eigenvalue weighted by molar-refractivity contribution is 7.10. The van der Waals surface area contributed by atoms with Crippen LogP contribution in [0.25, 0.3) is 0 Å². The molecule has 0 aromatic carbocycles. The molecular weight excluding hydrogens is 266 g/mol. The van der Waals surface area contributed by atoms with Crippen LogP contribution in [0.15, 0.2) is 0 Å². The van der Waals surface area contributed by atoms with Crippen molar-refractivity contribution in [3.63, 3.8) is 0 Å². The van der Waals surface area contributed by atoms with Crippen molar-refractivity contribution >= 4 is 22.5 Å². The number of piperidine rings is 1. The fraction of sp³-hybridized carbons (Fsp3) is 0.727. The number of rotatable bonds is 5. The van der Waals surface area contributed by atoms with Gasteiger partial charge in [0.15, 0.2) is 0 Å². The van der Waals surface area contributed by atoms with Crippen molar-refractivity contribution in [2.75, 3.05) is 25.1 Å². The first-order chi connectivity index (χ1) is 9.24. The van der Waals surface area contributed by atoms with Gasteiger partial charge in [0.25, 0.3) is 0 Å². The van der Waals surface area contributed by atoms with E-state index in [1.54, 1.807) is 0 Å². The summed E-state index contributed by atoms with van der Waals surface area (Å²) in [5, 5.41) is 4.83. The number of ether oxygens (including phenoxy) is 1. The molecule has 7 nitrogen and oxygen atoms in total. The molecule has 0 aliphatic carbocycles. The summed E-state index contributed by atoms with van der Waals surface area (Å²) in [7, 11) is 0. The van der Waals surface area contributed by atoms with Gasteiger partial charge in [-0.15, -0.1) is 5.10 Å². The molecule has 8 heteroatoms. The Morgan fingerprint density at radius 2 is 2.53 bits per heavy atom. The van der Waals surface area contributed by atoms with Crippen molar-refractivity contribution in [1.29, 1.82) is 0 Å². The highest BCUT2D eigenvalue weighted by atomic mass is 32.1. The summed E-state index contributed by atoms with van der Waals surface area (Å²) >= 11 is 1.24. The predicted octanol–water partition coefficient (Wildman–Crippen LogP) is 0.599. The lowest BCUT2D eigenvalue weighted by Crippen LogP contribution is -2.39. The maximum absolute atomic E-state index is 11.8. The number of hydrogen-bond acceptors (Lipinski definition) is 8. The van der Waals surface area contributed by atoms with E-state index in [-0.39, 0.29) is 11.9 Å². The van der Waals surface area contributed by atoms with Gasteiger partial charge in [0, 0.05) is 24.6 Å². The number of nitrogens with one attached hydrogen (secondary N) is 1. The van der Waals surface area contributed by atoms with Gasteiger partial charge in [0.2, 0.25) is 0 Å². The Kier molecular flexibility index (Phi) is 5.06. The number of nitrogen functional groups attached to an aromatic ring is 1. The van der Waals surface area contributed by atoms with Crippen LogP contribution in [-0.2, 0) is 16.1 Å². The van der Waals surface area contributed by atoms with E-state index >= 15 is 0 Å². The third kappa shape index (κ3) is 3.62. The maximum atomic E-state index is 11.8. The molecular formula is C11H19N5O2S. The van der Waals surface area contributed by atoms with Crippen molar-refractivity contribution in [2.45, 2.75) is 26.3 Å². The first-order valence-electron chi connectivity index (χ1n) is 6.41. The van der Waals surface area contributed by atoms with Gasteiger partial charge < -0.3 is 10.2 Å².